The number of rotatable bonds is 5. The third-order valence-electron chi connectivity index (χ3n) is 3.32. The van der Waals surface area contributed by atoms with Crippen molar-refractivity contribution < 1.29 is 4.79 Å². The van der Waals surface area contributed by atoms with E-state index in [1.165, 1.54) is 11.9 Å². The molecule has 0 fully saturated rings. The Labute approximate surface area is 118 Å². The van der Waals surface area contributed by atoms with E-state index < -0.39 is 6.03 Å². The molecular formula is C12H21N5OS. The summed E-state index contributed by atoms with van der Waals surface area (Å²) in [7, 11) is 1.99. The maximum atomic E-state index is 11.0. The summed E-state index contributed by atoms with van der Waals surface area (Å²) in [6.45, 7) is 7.02. The first kappa shape index (κ1) is 15.8. The molecule has 2 unspecified atom stereocenters. The lowest BCUT2D eigenvalue weighted by atomic mass is 10.1. The SMILES string of the molecule is CCC(C)N(C)C1C(C#N)=C(NC(N)=O)SN1CC. The number of primary amides is 1. The largest absolute Gasteiger partial charge is 0.351 e. The van der Waals surface area contributed by atoms with Gasteiger partial charge >= 0.3 is 6.03 Å². The molecule has 19 heavy (non-hydrogen) atoms. The van der Waals surface area contributed by atoms with Gasteiger partial charge in [0.15, 0.2) is 0 Å². The second-order valence-corrected chi connectivity index (χ2v) is 5.52. The van der Waals surface area contributed by atoms with E-state index in [4.69, 9.17) is 5.73 Å². The first-order chi connectivity index (χ1) is 8.96. The van der Waals surface area contributed by atoms with E-state index in [-0.39, 0.29) is 6.17 Å². The molecule has 2 amide bonds. The predicted octanol–water partition coefficient (Wildman–Crippen LogP) is 1.43. The maximum absolute atomic E-state index is 11.0. The van der Waals surface area contributed by atoms with E-state index in [1.807, 2.05) is 14.0 Å². The summed E-state index contributed by atoms with van der Waals surface area (Å²) in [5, 5.41) is 12.4. The van der Waals surface area contributed by atoms with Crippen molar-refractivity contribution in [3.8, 4) is 6.07 Å². The summed E-state index contributed by atoms with van der Waals surface area (Å²) in [6, 6.07) is 1.90. The molecule has 0 aromatic rings. The Morgan fingerprint density at radius 1 is 1.68 bits per heavy atom. The number of hydrogen-bond donors (Lipinski definition) is 2. The lowest BCUT2D eigenvalue weighted by Gasteiger charge is -2.34. The molecule has 0 saturated carbocycles. The molecule has 6 nitrogen and oxygen atoms in total. The summed E-state index contributed by atoms with van der Waals surface area (Å²) in [5.74, 6) is 0. The van der Waals surface area contributed by atoms with E-state index in [9.17, 15) is 10.1 Å². The number of nitrogens with zero attached hydrogens (tertiary/aromatic N) is 3. The van der Waals surface area contributed by atoms with Gasteiger partial charge in [-0.25, -0.2) is 9.10 Å². The number of nitriles is 1. The number of nitrogens with two attached hydrogens (primary N) is 1. The third-order valence-corrected chi connectivity index (χ3v) is 4.52. The molecule has 0 aromatic heterocycles. The minimum absolute atomic E-state index is 0.128. The molecule has 0 bridgehead atoms. The molecule has 2 atom stereocenters. The molecule has 0 spiro atoms. The second kappa shape index (κ2) is 6.80. The van der Waals surface area contributed by atoms with Gasteiger partial charge in [0.2, 0.25) is 0 Å². The van der Waals surface area contributed by atoms with Gasteiger partial charge < -0.3 is 11.1 Å². The molecule has 0 aliphatic carbocycles. The molecule has 0 radical (unpaired) electrons. The molecule has 0 saturated heterocycles. The summed E-state index contributed by atoms with van der Waals surface area (Å²) in [6.07, 6.45) is 0.865. The lowest BCUT2D eigenvalue weighted by Crippen LogP contribution is -2.46. The molecule has 3 N–H and O–H groups in total. The van der Waals surface area contributed by atoms with Crippen LogP contribution in [0.5, 0.6) is 0 Å². The van der Waals surface area contributed by atoms with Crippen LogP contribution in [0.1, 0.15) is 27.2 Å². The van der Waals surface area contributed by atoms with Crippen molar-refractivity contribution in [3.63, 3.8) is 0 Å². The highest BCUT2D eigenvalue weighted by atomic mass is 32.2. The van der Waals surface area contributed by atoms with Crippen LogP contribution in [0, 0.1) is 11.3 Å². The molecule has 1 heterocycles. The van der Waals surface area contributed by atoms with Crippen molar-refractivity contribution in [1.29, 1.82) is 5.26 Å². The standard InChI is InChI=1S/C12H21N5OS/c1-5-8(3)16(4)11-9(7-13)10(15-12(14)18)19-17(11)6-2/h8,11H,5-6H2,1-4H3,(H3,14,15,18). The number of hydrogen-bond acceptors (Lipinski definition) is 5. The van der Waals surface area contributed by atoms with Crippen LogP contribution < -0.4 is 11.1 Å². The summed E-state index contributed by atoms with van der Waals surface area (Å²) in [5.41, 5.74) is 5.69. The fourth-order valence-electron chi connectivity index (χ4n) is 1.96. The second-order valence-electron chi connectivity index (χ2n) is 4.46. The Morgan fingerprint density at radius 3 is 2.74 bits per heavy atom. The van der Waals surface area contributed by atoms with Gasteiger partial charge in [0.05, 0.1) is 5.57 Å². The number of nitrogens with one attached hydrogen (secondary N) is 1. The van der Waals surface area contributed by atoms with Gasteiger partial charge in [-0.3, -0.25) is 4.90 Å². The fourth-order valence-corrected chi connectivity index (χ4v) is 3.07. The van der Waals surface area contributed by atoms with E-state index in [2.05, 4.69) is 34.4 Å². The van der Waals surface area contributed by atoms with E-state index in [0.29, 0.717) is 16.6 Å². The van der Waals surface area contributed by atoms with Gasteiger partial charge in [0, 0.05) is 12.6 Å². The van der Waals surface area contributed by atoms with Crippen LogP contribution in [-0.2, 0) is 0 Å². The van der Waals surface area contributed by atoms with Crippen LogP contribution in [0.2, 0.25) is 0 Å². The van der Waals surface area contributed by atoms with Crippen LogP contribution in [0.3, 0.4) is 0 Å². The zero-order valence-electron chi connectivity index (χ0n) is 11.8. The monoisotopic (exact) mass is 283 g/mol. The van der Waals surface area contributed by atoms with Crippen LogP contribution in [0.15, 0.2) is 10.6 Å². The topological polar surface area (TPSA) is 85.4 Å². The van der Waals surface area contributed by atoms with Gasteiger partial charge in [-0.1, -0.05) is 13.8 Å². The van der Waals surface area contributed by atoms with Crippen molar-refractivity contribution in [3.05, 3.63) is 10.6 Å². The Hall–Kier alpha value is -1.23. The average Bonchev–Trinajstić information content (AvgIpc) is 2.73. The van der Waals surface area contributed by atoms with Gasteiger partial charge in [-0.05, 0) is 32.3 Å². The average molecular weight is 283 g/mol. The highest BCUT2D eigenvalue weighted by Gasteiger charge is 2.37. The summed E-state index contributed by atoms with van der Waals surface area (Å²) in [4.78, 5) is 13.1. The first-order valence-electron chi connectivity index (χ1n) is 6.33. The van der Waals surface area contributed by atoms with Gasteiger partial charge in [-0.15, -0.1) is 0 Å². The number of urea groups is 1. The van der Waals surface area contributed by atoms with Crippen LogP contribution in [0.25, 0.3) is 0 Å². The maximum Gasteiger partial charge on any atom is 0.317 e. The van der Waals surface area contributed by atoms with Crippen molar-refractivity contribution in [2.24, 2.45) is 5.73 Å². The highest BCUT2D eigenvalue weighted by Crippen LogP contribution is 2.37. The molecule has 1 rings (SSSR count). The first-order valence-corrected chi connectivity index (χ1v) is 7.10. The Balaban J connectivity index is 3.06. The van der Waals surface area contributed by atoms with Crippen molar-refractivity contribution in [1.82, 2.24) is 14.5 Å². The zero-order chi connectivity index (χ0) is 14.6. The van der Waals surface area contributed by atoms with Crippen molar-refractivity contribution in [2.45, 2.75) is 39.4 Å². The smallest absolute Gasteiger partial charge is 0.317 e. The highest BCUT2D eigenvalue weighted by molar-refractivity contribution is 8.01. The van der Waals surface area contributed by atoms with Crippen LogP contribution in [0.4, 0.5) is 4.79 Å². The Bertz CT molecular complexity index is 417. The minimum atomic E-state index is -0.641. The van der Waals surface area contributed by atoms with Crippen molar-refractivity contribution in [2.75, 3.05) is 13.6 Å². The van der Waals surface area contributed by atoms with E-state index >= 15 is 0 Å². The van der Waals surface area contributed by atoms with Crippen molar-refractivity contribution >= 4 is 18.0 Å². The molecule has 7 heteroatoms. The molecular weight excluding hydrogens is 262 g/mol. The third kappa shape index (κ3) is 3.41. The Kier molecular flexibility index (Phi) is 5.66. The number of amides is 2. The van der Waals surface area contributed by atoms with Crippen LogP contribution >= 0.6 is 11.9 Å². The Morgan fingerprint density at radius 2 is 2.32 bits per heavy atom. The number of carbonyl (C=O) groups excluding carboxylic acids is 1. The predicted molar refractivity (Wildman–Crippen MR) is 76.6 cm³/mol. The quantitative estimate of drug-likeness (QED) is 0.746. The van der Waals surface area contributed by atoms with E-state index in [0.717, 1.165) is 13.0 Å². The molecule has 106 valence electrons. The van der Waals surface area contributed by atoms with Gasteiger partial charge in [0.25, 0.3) is 0 Å². The summed E-state index contributed by atoms with van der Waals surface area (Å²) < 4.78 is 2.07. The van der Waals surface area contributed by atoms with Crippen LogP contribution in [-0.4, -0.2) is 41.0 Å². The summed E-state index contributed by atoms with van der Waals surface area (Å²) >= 11 is 1.37. The fraction of sp³-hybridized carbons (Fsp3) is 0.667. The van der Waals surface area contributed by atoms with E-state index in [1.54, 1.807) is 0 Å². The lowest BCUT2D eigenvalue weighted by molar-refractivity contribution is 0.133. The normalized spacial score (nSPS) is 21.6. The number of carbonyl (C=O) groups is 1. The van der Waals surface area contributed by atoms with Gasteiger partial charge in [0.1, 0.15) is 17.3 Å². The molecule has 1 aliphatic heterocycles. The molecule has 1 aliphatic rings. The number of likely N-dealkylation sites (N-methyl/N-ethyl adjacent to an activating group) is 2. The zero-order valence-corrected chi connectivity index (χ0v) is 12.6. The molecule has 0 aromatic carbocycles. The van der Waals surface area contributed by atoms with Gasteiger partial charge in [-0.2, -0.15) is 5.26 Å². The minimum Gasteiger partial charge on any atom is -0.351 e.